The predicted octanol–water partition coefficient (Wildman–Crippen LogP) is 1.40. The molecular weight excluding hydrogens is 326 g/mol. The minimum atomic E-state index is 0. The zero-order valence-corrected chi connectivity index (χ0v) is 10.0. The van der Waals surface area contributed by atoms with Gasteiger partial charge < -0.3 is 18.1 Å². The summed E-state index contributed by atoms with van der Waals surface area (Å²) in [6.45, 7) is 3.43. The summed E-state index contributed by atoms with van der Waals surface area (Å²) in [6.07, 6.45) is 0. The van der Waals surface area contributed by atoms with Crippen LogP contribution >= 0.6 is 0 Å². The largest absolute Gasteiger partial charge is 2.00 e. The van der Waals surface area contributed by atoms with E-state index in [1.807, 2.05) is 18.9 Å². The Bertz CT molecular complexity index is 29.6. The van der Waals surface area contributed by atoms with E-state index in [0.29, 0.717) is 6.67 Å². The van der Waals surface area contributed by atoms with Gasteiger partial charge in [0, 0.05) is 0 Å². The third kappa shape index (κ3) is 10.1. The van der Waals surface area contributed by atoms with Gasteiger partial charge >= 0.3 is 31.1 Å². The molecule has 0 rings (SSSR count). The van der Waals surface area contributed by atoms with Gasteiger partial charge in [0.1, 0.15) is 0 Å². The summed E-state index contributed by atoms with van der Waals surface area (Å²) in [5, 5.41) is 0. The normalized spacial score (nSPS) is 7.50. The minimum absolute atomic E-state index is 0. The second-order valence-electron chi connectivity index (χ2n) is 1.33. The van der Waals surface area contributed by atoms with E-state index in [-0.39, 0.29) is 38.5 Å². The molecule has 0 amide bonds. The molecule has 8 heavy (non-hydrogen) atoms. The van der Waals surface area contributed by atoms with Crippen molar-refractivity contribution in [2.75, 3.05) is 20.3 Å². The predicted molar refractivity (Wildman–Crippen MR) is 33.9 cm³/mol. The van der Waals surface area contributed by atoms with Gasteiger partial charge in [-0.25, -0.2) is 0 Å². The Labute approximate surface area is 76.2 Å². The van der Waals surface area contributed by atoms with Crippen LogP contribution < -0.4 is 0 Å². The van der Waals surface area contributed by atoms with Gasteiger partial charge in [-0.15, -0.1) is 0 Å². The van der Waals surface area contributed by atoms with Gasteiger partial charge in [-0.2, -0.15) is 0 Å². The second-order valence-corrected chi connectivity index (χ2v) is 1.33. The minimum Gasteiger partial charge on any atom is -0.665 e. The molecule has 2 nitrogen and oxygen atoms in total. The SMILES string of the molecule is CCN(C)C[NH-].[CH3-].[U+2]. The molecule has 0 aliphatic heterocycles. The molecule has 0 aliphatic rings. The van der Waals surface area contributed by atoms with Crippen molar-refractivity contribution in [3.8, 4) is 0 Å². The molecule has 0 spiro atoms. The van der Waals surface area contributed by atoms with Gasteiger partial charge in [0.25, 0.3) is 0 Å². The Morgan fingerprint density at radius 2 is 1.88 bits per heavy atom. The fraction of sp³-hybridized carbons (Fsp3) is 0.800. The van der Waals surface area contributed by atoms with E-state index in [2.05, 4.69) is 0 Å². The van der Waals surface area contributed by atoms with Crippen LogP contribution in [0.25, 0.3) is 5.73 Å². The van der Waals surface area contributed by atoms with Crippen LogP contribution in [0.3, 0.4) is 0 Å². The van der Waals surface area contributed by atoms with E-state index < -0.39 is 0 Å². The fourth-order valence-electron chi connectivity index (χ4n) is 0.112. The molecule has 0 bridgehead atoms. The summed E-state index contributed by atoms with van der Waals surface area (Å²) < 4.78 is 0. The first-order valence-electron chi connectivity index (χ1n) is 2.14. The topological polar surface area (TPSA) is 27.0 Å². The fourth-order valence-corrected chi connectivity index (χ4v) is 0.112. The zero-order valence-electron chi connectivity index (χ0n) is 5.86. The van der Waals surface area contributed by atoms with E-state index in [4.69, 9.17) is 5.73 Å². The quantitative estimate of drug-likeness (QED) is 0.698. The third-order valence-electron chi connectivity index (χ3n) is 0.810. The van der Waals surface area contributed by atoms with Gasteiger partial charge in [-0.3, -0.25) is 0 Å². The Morgan fingerprint density at radius 3 is 1.88 bits per heavy atom. The second kappa shape index (κ2) is 10.9. The Kier molecular flexibility index (Phi) is 21.7. The van der Waals surface area contributed by atoms with Crippen LogP contribution in [0.1, 0.15) is 6.92 Å². The number of nitrogens with one attached hydrogen (secondary N) is 1. The molecule has 1 N–H and O–H groups in total. The molecule has 0 saturated carbocycles. The van der Waals surface area contributed by atoms with Gasteiger partial charge in [-0.1, -0.05) is 13.6 Å². The molecule has 0 saturated heterocycles. The first-order valence-corrected chi connectivity index (χ1v) is 2.14. The van der Waals surface area contributed by atoms with Gasteiger partial charge in [-0.05, 0) is 13.6 Å². The first-order chi connectivity index (χ1) is 2.81. The molecule has 0 heterocycles. The Hall–Kier alpha value is 0.972. The summed E-state index contributed by atoms with van der Waals surface area (Å²) in [5.74, 6) is 0. The number of hydrogen-bond acceptors (Lipinski definition) is 1. The summed E-state index contributed by atoms with van der Waals surface area (Å²) in [4.78, 5) is 1.92. The number of rotatable bonds is 2. The van der Waals surface area contributed by atoms with Crippen LogP contribution in [0.4, 0.5) is 0 Å². The average molecular weight is 340 g/mol. The molecule has 0 aromatic heterocycles. The van der Waals surface area contributed by atoms with E-state index in [9.17, 15) is 0 Å². The van der Waals surface area contributed by atoms with Crippen molar-refractivity contribution >= 4 is 0 Å². The van der Waals surface area contributed by atoms with Crippen LogP contribution in [0.15, 0.2) is 0 Å². The monoisotopic (exact) mass is 340 g/mol. The molecule has 0 unspecified atom stereocenters. The molecular formula is C5H14N2U. The molecule has 3 heteroatoms. The van der Waals surface area contributed by atoms with E-state index in [0.717, 1.165) is 6.54 Å². The Balaban J connectivity index is -0.000000125. The maximum Gasteiger partial charge on any atom is 2.00 e. The summed E-state index contributed by atoms with van der Waals surface area (Å²) >= 11 is 0. The molecule has 0 aliphatic carbocycles. The van der Waals surface area contributed by atoms with Crippen molar-refractivity contribution in [1.82, 2.24) is 4.90 Å². The zero-order chi connectivity index (χ0) is 4.99. The van der Waals surface area contributed by atoms with Crippen LogP contribution in [0.2, 0.25) is 0 Å². The van der Waals surface area contributed by atoms with Crippen LogP contribution in [-0.4, -0.2) is 25.2 Å². The third-order valence-corrected chi connectivity index (χ3v) is 0.810. The van der Waals surface area contributed by atoms with Crippen molar-refractivity contribution in [1.29, 1.82) is 0 Å². The Morgan fingerprint density at radius 1 is 1.50 bits per heavy atom. The molecule has 0 aromatic carbocycles. The van der Waals surface area contributed by atoms with Crippen molar-refractivity contribution in [3.63, 3.8) is 0 Å². The van der Waals surface area contributed by atoms with Gasteiger partial charge in [0.05, 0.1) is 0 Å². The maximum absolute atomic E-state index is 6.73. The molecule has 0 atom stereocenters. The summed E-state index contributed by atoms with van der Waals surface area (Å²) in [7, 11) is 1.92. The maximum atomic E-state index is 6.73. The van der Waals surface area contributed by atoms with E-state index in [1.165, 1.54) is 0 Å². The van der Waals surface area contributed by atoms with Crippen LogP contribution in [-0.2, 0) is 0 Å². The number of hydrogen-bond donors (Lipinski definition) is 0. The number of nitrogens with zero attached hydrogens (tertiary/aromatic N) is 1. The summed E-state index contributed by atoms with van der Waals surface area (Å²) in [5.41, 5.74) is 6.73. The summed E-state index contributed by atoms with van der Waals surface area (Å²) in [6, 6.07) is 0. The van der Waals surface area contributed by atoms with Crippen molar-refractivity contribution < 1.29 is 31.1 Å². The smallest absolute Gasteiger partial charge is 0.665 e. The first kappa shape index (κ1) is 16.0. The van der Waals surface area contributed by atoms with Crippen LogP contribution in [0, 0.1) is 38.5 Å². The molecule has 48 valence electrons. The van der Waals surface area contributed by atoms with E-state index in [1.54, 1.807) is 0 Å². The van der Waals surface area contributed by atoms with Gasteiger partial charge in [0.2, 0.25) is 0 Å². The average Bonchev–Trinajstić information content (AvgIpc) is 1.65. The van der Waals surface area contributed by atoms with Crippen molar-refractivity contribution in [2.24, 2.45) is 0 Å². The standard InChI is InChI=1S/C4H11N2.CH3.U/c1-3-6(2)4-5;;/h5H,3-4H2,1-2H3;1H3;/q2*-1;+2. The van der Waals surface area contributed by atoms with Crippen molar-refractivity contribution in [3.05, 3.63) is 13.2 Å². The van der Waals surface area contributed by atoms with Crippen molar-refractivity contribution in [2.45, 2.75) is 6.92 Å². The van der Waals surface area contributed by atoms with Crippen LogP contribution in [0.5, 0.6) is 0 Å². The molecule has 0 radical (unpaired) electrons. The molecule has 0 aromatic rings. The van der Waals surface area contributed by atoms with Gasteiger partial charge in [0.15, 0.2) is 0 Å². The molecule has 0 fully saturated rings. The van der Waals surface area contributed by atoms with E-state index >= 15 is 0 Å².